The minimum absolute atomic E-state index is 0.179. The van der Waals surface area contributed by atoms with E-state index in [0.29, 0.717) is 19.6 Å². The smallest absolute Gasteiger partial charge is 0.406 e. The normalized spacial score (nSPS) is 10.1. The molecule has 0 saturated carbocycles. The summed E-state index contributed by atoms with van der Waals surface area (Å²) in [6.45, 7) is 2.83. The number of nitrogens with zero attached hydrogens (tertiary/aromatic N) is 2. The predicted molar refractivity (Wildman–Crippen MR) is 77.7 cm³/mol. The molecule has 1 aromatic heterocycles. The number of ether oxygens (including phenoxy) is 2. The number of benzene rings is 1. The molecule has 0 saturated heterocycles. The molecule has 0 radical (unpaired) electrons. The quantitative estimate of drug-likeness (QED) is 0.444. The fourth-order valence-corrected chi connectivity index (χ4v) is 1.70. The van der Waals surface area contributed by atoms with Crippen LogP contribution in [-0.2, 0) is 0 Å². The third kappa shape index (κ3) is 4.45. The van der Waals surface area contributed by atoms with Gasteiger partial charge < -0.3 is 19.6 Å². The highest BCUT2D eigenvalue weighted by Gasteiger charge is 2.14. The Morgan fingerprint density at radius 3 is 2.57 bits per heavy atom. The number of rotatable bonds is 7. The Morgan fingerprint density at radius 2 is 1.86 bits per heavy atom. The van der Waals surface area contributed by atoms with Gasteiger partial charge in [-0.2, -0.15) is 0 Å². The van der Waals surface area contributed by atoms with Gasteiger partial charge >= 0.3 is 5.82 Å². The molecule has 6 heteroatoms. The Bertz CT molecular complexity index is 599. The lowest BCUT2D eigenvalue weighted by Gasteiger charge is -2.08. The Hall–Kier alpha value is -2.63. The van der Waals surface area contributed by atoms with Crippen molar-refractivity contribution in [2.24, 2.45) is 0 Å². The van der Waals surface area contributed by atoms with Gasteiger partial charge in [0.05, 0.1) is 13.2 Å². The molecule has 2 aromatic rings. The van der Waals surface area contributed by atoms with Crippen molar-refractivity contribution < 1.29 is 14.4 Å². The molecule has 0 bridgehead atoms. The maximum atomic E-state index is 10.8. The van der Waals surface area contributed by atoms with Crippen LogP contribution in [-0.4, -0.2) is 23.1 Å². The van der Waals surface area contributed by atoms with E-state index in [2.05, 4.69) is 4.98 Å². The van der Waals surface area contributed by atoms with E-state index in [1.54, 1.807) is 6.07 Å². The molecule has 0 aliphatic carbocycles. The van der Waals surface area contributed by atoms with Crippen molar-refractivity contribution in [3.8, 4) is 11.5 Å². The van der Waals surface area contributed by atoms with Gasteiger partial charge in [0.1, 0.15) is 11.9 Å². The predicted octanol–water partition coefficient (Wildman–Crippen LogP) is 3.15. The summed E-state index contributed by atoms with van der Waals surface area (Å²) >= 11 is 0. The van der Waals surface area contributed by atoms with Crippen LogP contribution in [0.1, 0.15) is 12.0 Å². The van der Waals surface area contributed by atoms with E-state index in [1.165, 1.54) is 17.8 Å². The Labute approximate surface area is 122 Å². The molecule has 0 atom stereocenters. The molecule has 6 nitrogen and oxygen atoms in total. The minimum atomic E-state index is -0.557. The van der Waals surface area contributed by atoms with E-state index in [4.69, 9.17) is 9.47 Å². The van der Waals surface area contributed by atoms with Crippen molar-refractivity contribution in [2.75, 3.05) is 13.2 Å². The first-order chi connectivity index (χ1) is 10.2. The molecule has 0 N–H and O–H groups in total. The molecule has 110 valence electrons. The number of hydrogen-bond acceptors (Lipinski definition) is 5. The molecule has 0 aliphatic rings. The minimum Gasteiger partial charge on any atom is -0.493 e. The van der Waals surface area contributed by atoms with Crippen LogP contribution in [0.15, 0.2) is 42.6 Å². The molecule has 0 fully saturated rings. The summed E-state index contributed by atoms with van der Waals surface area (Å²) in [6, 6.07) is 10.9. The van der Waals surface area contributed by atoms with Crippen molar-refractivity contribution in [2.45, 2.75) is 13.3 Å². The highest BCUT2D eigenvalue weighted by Crippen LogP contribution is 2.22. The second kappa shape index (κ2) is 7.23. The van der Waals surface area contributed by atoms with Crippen LogP contribution < -0.4 is 9.47 Å². The second-order valence-corrected chi connectivity index (χ2v) is 4.45. The van der Waals surface area contributed by atoms with E-state index < -0.39 is 4.92 Å². The van der Waals surface area contributed by atoms with Crippen molar-refractivity contribution in [3.05, 3.63) is 58.3 Å². The lowest BCUT2D eigenvalue weighted by molar-refractivity contribution is -0.390. The highest BCUT2D eigenvalue weighted by molar-refractivity contribution is 5.38. The first-order valence-corrected chi connectivity index (χ1v) is 6.58. The van der Waals surface area contributed by atoms with Gasteiger partial charge in [0.2, 0.25) is 5.75 Å². The fourth-order valence-electron chi connectivity index (χ4n) is 1.70. The summed E-state index contributed by atoms with van der Waals surface area (Å²) in [4.78, 5) is 13.9. The zero-order chi connectivity index (χ0) is 15.1. The second-order valence-electron chi connectivity index (χ2n) is 4.45. The number of nitro groups is 1. The molecule has 0 spiro atoms. The van der Waals surface area contributed by atoms with E-state index in [0.717, 1.165) is 5.75 Å². The third-order valence-corrected chi connectivity index (χ3v) is 2.76. The van der Waals surface area contributed by atoms with Crippen molar-refractivity contribution in [3.63, 3.8) is 0 Å². The zero-order valence-corrected chi connectivity index (χ0v) is 11.7. The zero-order valence-electron chi connectivity index (χ0n) is 11.7. The topological polar surface area (TPSA) is 74.5 Å². The van der Waals surface area contributed by atoms with E-state index in [-0.39, 0.29) is 11.6 Å². The van der Waals surface area contributed by atoms with Gasteiger partial charge in [-0.05, 0) is 41.1 Å². The van der Waals surface area contributed by atoms with Crippen LogP contribution >= 0.6 is 0 Å². The van der Waals surface area contributed by atoms with E-state index in [1.807, 2.05) is 31.2 Å². The highest BCUT2D eigenvalue weighted by atomic mass is 16.6. The van der Waals surface area contributed by atoms with Gasteiger partial charge in [-0.15, -0.1) is 0 Å². The van der Waals surface area contributed by atoms with Crippen molar-refractivity contribution >= 4 is 5.82 Å². The van der Waals surface area contributed by atoms with Crippen molar-refractivity contribution in [1.82, 2.24) is 4.98 Å². The molecule has 0 aliphatic heterocycles. The Kier molecular flexibility index (Phi) is 5.09. The first kappa shape index (κ1) is 14.8. The van der Waals surface area contributed by atoms with Gasteiger partial charge in [0.15, 0.2) is 0 Å². The summed E-state index contributed by atoms with van der Waals surface area (Å²) in [6.07, 6.45) is 1.99. The summed E-state index contributed by atoms with van der Waals surface area (Å²) in [5.74, 6) is 0.711. The van der Waals surface area contributed by atoms with Gasteiger partial charge in [-0.25, -0.2) is 0 Å². The maximum absolute atomic E-state index is 10.8. The summed E-state index contributed by atoms with van der Waals surface area (Å²) < 4.78 is 10.9. The third-order valence-electron chi connectivity index (χ3n) is 2.76. The number of aromatic nitrogens is 1. The van der Waals surface area contributed by atoms with Crippen LogP contribution in [0.25, 0.3) is 0 Å². The molecule has 0 amide bonds. The standard InChI is InChI=1S/C15H16N2O4/c1-12-5-7-13(8-6-12)20-10-3-11-21-14-4-2-9-16-15(14)17(18)19/h2,4-9H,3,10-11H2,1H3. The van der Waals surface area contributed by atoms with Gasteiger partial charge in [-0.1, -0.05) is 17.7 Å². The maximum Gasteiger partial charge on any atom is 0.406 e. The van der Waals surface area contributed by atoms with Crippen LogP contribution in [0.4, 0.5) is 5.82 Å². The number of aryl methyl sites for hydroxylation is 1. The molecule has 21 heavy (non-hydrogen) atoms. The molecule has 0 unspecified atom stereocenters. The molecular formula is C15H16N2O4. The Balaban J connectivity index is 1.75. The van der Waals surface area contributed by atoms with Crippen LogP contribution in [0.2, 0.25) is 0 Å². The molecule has 1 heterocycles. The van der Waals surface area contributed by atoms with Gasteiger partial charge in [0.25, 0.3) is 0 Å². The Morgan fingerprint density at radius 1 is 1.14 bits per heavy atom. The first-order valence-electron chi connectivity index (χ1n) is 6.58. The van der Waals surface area contributed by atoms with Gasteiger partial charge in [-0.3, -0.25) is 0 Å². The molecule has 2 rings (SSSR count). The molecular weight excluding hydrogens is 272 g/mol. The van der Waals surface area contributed by atoms with Crippen molar-refractivity contribution in [1.29, 1.82) is 0 Å². The lowest BCUT2D eigenvalue weighted by Crippen LogP contribution is -2.06. The van der Waals surface area contributed by atoms with E-state index in [9.17, 15) is 10.1 Å². The van der Waals surface area contributed by atoms with E-state index >= 15 is 0 Å². The number of pyridine rings is 1. The van der Waals surface area contributed by atoms with Gasteiger partial charge in [0, 0.05) is 6.42 Å². The molecule has 1 aromatic carbocycles. The summed E-state index contributed by atoms with van der Waals surface area (Å²) in [5, 5.41) is 10.8. The van der Waals surface area contributed by atoms with Crippen LogP contribution in [0, 0.1) is 17.0 Å². The van der Waals surface area contributed by atoms with Crippen LogP contribution in [0.3, 0.4) is 0 Å². The average Bonchev–Trinajstić information content (AvgIpc) is 2.49. The lowest BCUT2D eigenvalue weighted by atomic mass is 10.2. The largest absolute Gasteiger partial charge is 0.493 e. The monoisotopic (exact) mass is 288 g/mol. The summed E-state index contributed by atoms with van der Waals surface area (Å²) in [5.41, 5.74) is 1.18. The SMILES string of the molecule is Cc1ccc(OCCCOc2cccnc2[N+](=O)[O-])cc1. The summed E-state index contributed by atoms with van der Waals surface area (Å²) in [7, 11) is 0. The van der Waals surface area contributed by atoms with Crippen LogP contribution in [0.5, 0.6) is 11.5 Å². The fraction of sp³-hybridized carbons (Fsp3) is 0.267. The number of hydrogen-bond donors (Lipinski definition) is 0. The average molecular weight is 288 g/mol.